The van der Waals surface area contributed by atoms with Crippen molar-refractivity contribution in [1.29, 1.82) is 0 Å². The number of hydrogen-bond acceptors (Lipinski definition) is 4. The number of nitrogens with zero attached hydrogens (tertiary/aromatic N) is 2. The highest BCUT2D eigenvalue weighted by molar-refractivity contribution is 6.23. The van der Waals surface area contributed by atoms with Gasteiger partial charge in [0, 0.05) is 6.20 Å². The van der Waals surface area contributed by atoms with Gasteiger partial charge < -0.3 is 5.32 Å². The third-order valence-corrected chi connectivity index (χ3v) is 3.50. The molecule has 1 atom stereocenters. The van der Waals surface area contributed by atoms with Crippen molar-refractivity contribution in [2.75, 3.05) is 10.2 Å². The highest BCUT2D eigenvalue weighted by Crippen LogP contribution is 2.25. The second-order valence-electron chi connectivity index (χ2n) is 4.94. The maximum atomic E-state index is 12.5. The summed E-state index contributed by atoms with van der Waals surface area (Å²) in [4.78, 5) is 30.0. The SMILES string of the molecule is Cc1ncccc1NC1CC(=O)N(c2ccccc2)C1=O. The predicted octanol–water partition coefficient (Wildman–Crippen LogP) is 2.13. The molecule has 21 heavy (non-hydrogen) atoms. The van der Waals surface area contributed by atoms with Crippen molar-refractivity contribution in [1.82, 2.24) is 4.98 Å². The zero-order chi connectivity index (χ0) is 14.8. The standard InChI is InChI=1S/C16H15N3O2/c1-11-13(8-5-9-17-11)18-14-10-15(20)19(16(14)21)12-6-3-2-4-7-12/h2-9,14,18H,10H2,1H3. The molecular weight excluding hydrogens is 266 g/mol. The van der Waals surface area contributed by atoms with E-state index >= 15 is 0 Å². The minimum Gasteiger partial charge on any atom is -0.372 e. The van der Waals surface area contributed by atoms with E-state index in [4.69, 9.17) is 0 Å². The van der Waals surface area contributed by atoms with Crippen LogP contribution >= 0.6 is 0 Å². The lowest BCUT2D eigenvalue weighted by atomic mass is 10.2. The molecule has 1 unspecified atom stereocenters. The van der Waals surface area contributed by atoms with Gasteiger partial charge in [0.15, 0.2) is 0 Å². The second kappa shape index (κ2) is 5.36. The van der Waals surface area contributed by atoms with Crippen LogP contribution in [0.3, 0.4) is 0 Å². The maximum Gasteiger partial charge on any atom is 0.256 e. The molecule has 1 aliphatic heterocycles. The average molecular weight is 281 g/mol. The number of benzene rings is 1. The number of aryl methyl sites for hydroxylation is 1. The number of pyridine rings is 1. The van der Waals surface area contributed by atoms with Crippen molar-refractivity contribution < 1.29 is 9.59 Å². The van der Waals surface area contributed by atoms with Gasteiger partial charge in [-0.25, -0.2) is 4.90 Å². The van der Waals surface area contributed by atoms with Gasteiger partial charge in [-0.05, 0) is 31.2 Å². The molecule has 106 valence electrons. The Morgan fingerprint density at radius 2 is 1.90 bits per heavy atom. The fourth-order valence-corrected chi connectivity index (χ4v) is 2.42. The van der Waals surface area contributed by atoms with Crippen LogP contribution in [-0.2, 0) is 9.59 Å². The van der Waals surface area contributed by atoms with Gasteiger partial charge in [0.1, 0.15) is 6.04 Å². The molecule has 1 fully saturated rings. The molecule has 1 aromatic heterocycles. The van der Waals surface area contributed by atoms with E-state index in [9.17, 15) is 9.59 Å². The summed E-state index contributed by atoms with van der Waals surface area (Å²) < 4.78 is 0. The lowest BCUT2D eigenvalue weighted by Gasteiger charge is -2.16. The molecule has 1 aliphatic rings. The molecule has 2 aromatic rings. The summed E-state index contributed by atoms with van der Waals surface area (Å²) in [5.74, 6) is -0.417. The van der Waals surface area contributed by atoms with Gasteiger partial charge in [-0.2, -0.15) is 0 Å². The first-order valence-electron chi connectivity index (χ1n) is 6.77. The predicted molar refractivity (Wildman–Crippen MR) is 79.9 cm³/mol. The number of rotatable bonds is 3. The van der Waals surface area contributed by atoms with Crippen LogP contribution in [-0.4, -0.2) is 22.8 Å². The molecule has 0 bridgehead atoms. The van der Waals surface area contributed by atoms with Gasteiger partial charge in [-0.15, -0.1) is 0 Å². The number of nitrogens with one attached hydrogen (secondary N) is 1. The lowest BCUT2D eigenvalue weighted by Crippen LogP contribution is -2.34. The maximum absolute atomic E-state index is 12.5. The molecule has 0 saturated carbocycles. The quantitative estimate of drug-likeness (QED) is 0.875. The first-order valence-corrected chi connectivity index (χ1v) is 6.77. The van der Waals surface area contributed by atoms with E-state index in [0.717, 1.165) is 11.4 Å². The summed E-state index contributed by atoms with van der Waals surface area (Å²) in [6.45, 7) is 1.86. The number of anilines is 2. The Balaban J connectivity index is 1.83. The molecule has 1 aromatic carbocycles. The van der Waals surface area contributed by atoms with Crippen molar-refractivity contribution in [3.8, 4) is 0 Å². The fourth-order valence-electron chi connectivity index (χ4n) is 2.42. The Hall–Kier alpha value is -2.69. The Bertz CT molecular complexity index is 685. The van der Waals surface area contributed by atoms with Gasteiger partial charge in [0.2, 0.25) is 5.91 Å². The van der Waals surface area contributed by atoms with Crippen LogP contribution in [0.2, 0.25) is 0 Å². The van der Waals surface area contributed by atoms with Crippen LogP contribution < -0.4 is 10.2 Å². The summed E-state index contributed by atoms with van der Waals surface area (Å²) in [6, 6.07) is 12.1. The van der Waals surface area contributed by atoms with E-state index in [1.807, 2.05) is 31.2 Å². The van der Waals surface area contributed by atoms with Crippen LogP contribution in [0.25, 0.3) is 0 Å². The molecule has 1 N–H and O–H groups in total. The van der Waals surface area contributed by atoms with Crippen molar-refractivity contribution >= 4 is 23.2 Å². The van der Waals surface area contributed by atoms with Crippen LogP contribution in [0.4, 0.5) is 11.4 Å². The van der Waals surface area contributed by atoms with E-state index in [1.165, 1.54) is 4.90 Å². The minimum absolute atomic E-state index is 0.155. The Morgan fingerprint density at radius 1 is 1.14 bits per heavy atom. The van der Waals surface area contributed by atoms with E-state index in [0.29, 0.717) is 5.69 Å². The number of hydrogen-bond donors (Lipinski definition) is 1. The summed E-state index contributed by atoms with van der Waals surface area (Å²) in [6.07, 6.45) is 1.85. The highest BCUT2D eigenvalue weighted by atomic mass is 16.2. The van der Waals surface area contributed by atoms with Crippen molar-refractivity contribution in [2.24, 2.45) is 0 Å². The largest absolute Gasteiger partial charge is 0.372 e. The molecule has 0 spiro atoms. The number of para-hydroxylation sites is 1. The minimum atomic E-state index is -0.541. The third kappa shape index (κ3) is 2.50. The first-order chi connectivity index (χ1) is 10.2. The summed E-state index contributed by atoms with van der Waals surface area (Å²) in [5, 5.41) is 3.11. The number of imide groups is 1. The molecule has 5 heteroatoms. The van der Waals surface area contributed by atoms with Crippen LogP contribution in [0.5, 0.6) is 0 Å². The Labute approximate surface area is 122 Å². The van der Waals surface area contributed by atoms with Gasteiger partial charge in [0.05, 0.1) is 23.5 Å². The molecule has 5 nitrogen and oxygen atoms in total. The van der Waals surface area contributed by atoms with Crippen molar-refractivity contribution in [2.45, 2.75) is 19.4 Å². The first kappa shape index (κ1) is 13.3. The third-order valence-electron chi connectivity index (χ3n) is 3.50. The fraction of sp³-hybridized carbons (Fsp3) is 0.188. The summed E-state index contributed by atoms with van der Waals surface area (Å²) in [7, 11) is 0. The van der Waals surface area contributed by atoms with Gasteiger partial charge in [-0.3, -0.25) is 14.6 Å². The summed E-state index contributed by atoms with van der Waals surface area (Å²) >= 11 is 0. The van der Waals surface area contributed by atoms with Crippen LogP contribution in [0.15, 0.2) is 48.7 Å². The lowest BCUT2D eigenvalue weighted by molar-refractivity contribution is -0.121. The molecule has 2 amide bonds. The Morgan fingerprint density at radius 3 is 2.62 bits per heavy atom. The second-order valence-corrected chi connectivity index (χ2v) is 4.94. The Kier molecular flexibility index (Phi) is 3.39. The zero-order valence-electron chi connectivity index (χ0n) is 11.6. The van der Waals surface area contributed by atoms with Gasteiger partial charge in [0.25, 0.3) is 5.91 Å². The van der Waals surface area contributed by atoms with Gasteiger partial charge >= 0.3 is 0 Å². The van der Waals surface area contributed by atoms with Crippen molar-refractivity contribution in [3.05, 3.63) is 54.4 Å². The number of carbonyl (C=O) groups excluding carboxylic acids is 2. The molecule has 1 saturated heterocycles. The molecule has 0 aliphatic carbocycles. The molecule has 3 rings (SSSR count). The molecular formula is C16H15N3O2. The van der Waals surface area contributed by atoms with Crippen LogP contribution in [0.1, 0.15) is 12.1 Å². The van der Waals surface area contributed by atoms with Gasteiger partial charge in [-0.1, -0.05) is 18.2 Å². The average Bonchev–Trinajstić information content (AvgIpc) is 2.77. The van der Waals surface area contributed by atoms with Crippen molar-refractivity contribution in [3.63, 3.8) is 0 Å². The van der Waals surface area contributed by atoms with E-state index in [1.54, 1.807) is 24.4 Å². The smallest absolute Gasteiger partial charge is 0.256 e. The number of carbonyl (C=O) groups is 2. The van der Waals surface area contributed by atoms with E-state index < -0.39 is 6.04 Å². The van der Waals surface area contributed by atoms with E-state index in [2.05, 4.69) is 10.3 Å². The van der Waals surface area contributed by atoms with E-state index in [-0.39, 0.29) is 18.2 Å². The monoisotopic (exact) mass is 281 g/mol. The topological polar surface area (TPSA) is 62.3 Å². The number of amides is 2. The van der Waals surface area contributed by atoms with Crippen LogP contribution in [0, 0.1) is 6.92 Å². The number of aromatic nitrogens is 1. The molecule has 0 radical (unpaired) electrons. The molecule has 2 heterocycles. The summed E-state index contributed by atoms with van der Waals surface area (Å²) in [5.41, 5.74) is 2.19. The highest BCUT2D eigenvalue weighted by Gasteiger charge is 2.39. The normalized spacial score (nSPS) is 18.1. The zero-order valence-corrected chi connectivity index (χ0v) is 11.6.